The fourth-order valence-electron chi connectivity index (χ4n) is 5.91. The topological polar surface area (TPSA) is 95.9 Å². The van der Waals surface area contributed by atoms with E-state index in [4.69, 9.17) is 16.3 Å². The van der Waals surface area contributed by atoms with Crippen LogP contribution in [0.5, 0.6) is 0 Å². The first-order chi connectivity index (χ1) is 18.3. The molecule has 2 amide bonds. The van der Waals surface area contributed by atoms with Gasteiger partial charge in [-0.25, -0.2) is 0 Å². The average molecular weight is 539 g/mol. The predicted molar refractivity (Wildman–Crippen MR) is 146 cm³/mol. The minimum Gasteiger partial charge on any atom is -0.466 e. The van der Waals surface area contributed by atoms with Gasteiger partial charge in [-0.15, -0.1) is 0 Å². The van der Waals surface area contributed by atoms with Gasteiger partial charge in [0.25, 0.3) is 0 Å². The molecule has 2 aromatic carbocycles. The molecule has 2 N–H and O–H groups in total. The van der Waals surface area contributed by atoms with E-state index in [1.165, 1.54) is 4.90 Å². The number of carbonyl (C=O) groups is 3. The molecule has 1 aliphatic carbocycles. The SMILES string of the molecule is CCOC(=O)[C@H]1[C@@H]2C(=O)N([C@@H](CO)Cc3ccccc3)[C@H](C(=O)Nc3c(C)cccc3Cl)[C@H]2C=C[C@H]1CC. The lowest BCUT2D eigenvalue weighted by Gasteiger charge is -2.34. The summed E-state index contributed by atoms with van der Waals surface area (Å²) in [7, 11) is 0. The Balaban J connectivity index is 1.77. The normalized spacial score (nSPS) is 25.1. The highest BCUT2D eigenvalue weighted by Crippen LogP contribution is 2.46. The van der Waals surface area contributed by atoms with Crippen molar-refractivity contribution in [3.8, 4) is 0 Å². The van der Waals surface area contributed by atoms with E-state index in [-0.39, 0.29) is 25.0 Å². The summed E-state index contributed by atoms with van der Waals surface area (Å²) >= 11 is 6.41. The number of aryl methyl sites for hydroxylation is 1. The molecule has 0 saturated carbocycles. The molecule has 7 nitrogen and oxygen atoms in total. The number of carbonyl (C=O) groups excluding carboxylic acids is 3. The van der Waals surface area contributed by atoms with E-state index < -0.39 is 41.7 Å². The Labute approximate surface area is 228 Å². The number of para-hydroxylation sites is 1. The smallest absolute Gasteiger partial charge is 0.310 e. The van der Waals surface area contributed by atoms with Crippen LogP contribution in [0.3, 0.4) is 0 Å². The quantitative estimate of drug-likeness (QED) is 0.364. The molecule has 4 rings (SSSR count). The van der Waals surface area contributed by atoms with Gasteiger partial charge < -0.3 is 20.1 Å². The highest BCUT2D eigenvalue weighted by Gasteiger charge is 2.58. The van der Waals surface area contributed by atoms with Crippen LogP contribution in [-0.2, 0) is 25.5 Å². The zero-order valence-electron chi connectivity index (χ0n) is 22.0. The van der Waals surface area contributed by atoms with Gasteiger partial charge in [0.1, 0.15) is 6.04 Å². The number of nitrogens with zero attached hydrogens (tertiary/aromatic N) is 1. The number of halogens is 1. The lowest BCUT2D eigenvalue weighted by Crippen LogP contribution is -2.51. The van der Waals surface area contributed by atoms with Crippen molar-refractivity contribution >= 4 is 35.1 Å². The molecule has 38 heavy (non-hydrogen) atoms. The van der Waals surface area contributed by atoms with Crippen LogP contribution in [0.4, 0.5) is 5.69 Å². The molecule has 1 saturated heterocycles. The molecule has 6 atom stereocenters. The third-order valence-corrected chi connectivity index (χ3v) is 8.05. The molecule has 0 radical (unpaired) electrons. The maximum Gasteiger partial charge on any atom is 0.310 e. The highest BCUT2D eigenvalue weighted by molar-refractivity contribution is 6.34. The minimum absolute atomic E-state index is 0.185. The number of benzene rings is 2. The van der Waals surface area contributed by atoms with Crippen molar-refractivity contribution < 1.29 is 24.2 Å². The van der Waals surface area contributed by atoms with Gasteiger partial charge >= 0.3 is 5.97 Å². The van der Waals surface area contributed by atoms with Crippen LogP contribution >= 0.6 is 11.6 Å². The summed E-state index contributed by atoms with van der Waals surface area (Å²) < 4.78 is 5.40. The number of anilines is 1. The number of fused-ring (bicyclic) bond motifs is 1. The number of aliphatic hydroxyl groups is 1. The lowest BCUT2D eigenvalue weighted by atomic mass is 9.69. The van der Waals surface area contributed by atoms with Gasteiger partial charge in [0, 0.05) is 5.92 Å². The standard InChI is InChI=1S/C30H35ClN2O5/c1-4-20-14-15-22-25(24(20)30(37)38-5-2)29(36)33(21(17-34)16-19-11-7-6-8-12-19)27(22)28(35)32-26-18(3)10-9-13-23(26)31/h6-15,20-22,24-25,27,34H,4-5,16-17H2,1-3H3,(H,32,35)/t20-,21-,22+,24-,25-,27+/m1/s1. The molecule has 1 aliphatic heterocycles. The largest absolute Gasteiger partial charge is 0.466 e. The number of ether oxygens (including phenoxy) is 1. The molecule has 0 aromatic heterocycles. The van der Waals surface area contributed by atoms with Crippen molar-refractivity contribution in [2.75, 3.05) is 18.5 Å². The molecule has 0 bridgehead atoms. The van der Waals surface area contributed by atoms with Gasteiger partial charge in [0.15, 0.2) is 0 Å². The van der Waals surface area contributed by atoms with E-state index in [1.807, 2.05) is 62.4 Å². The van der Waals surface area contributed by atoms with E-state index in [0.29, 0.717) is 23.6 Å². The Morgan fingerprint density at radius 3 is 2.47 bits per heavy atom. The van der Waals surface area contributed by atoms with Crippen LogP contribution < -0.4 is 5.32 Å². The number of esters is 1. The number of hydrogen-bond donors (Lipinski definition) is 2. The molecule has 0 spiro atoms. The number of nitrogens with one attached hydrogen (secondary N) is 1. The minimum atomic E-state index is -0.935. The van der Waals surface area contributed by atoms with Gasteiger partial charge in [-0.05, 0) is 49.8 Å². The van der Waals surface area contributed by atoms with E-state index >= 15 is 0 Å². The monoisotopic (exact) mass is 538 g/mol. The Hall–Kier alpha value is -3.16. The molecule has 1 fully saturated rings. The summed E-state index contributed by atoms with van der Waals surface area (Å²) in [5.41, 5.74) is 2.20. The summed E-state index contributed by atoms with van der Waals surface area (Å²) in [4.78, 5) is 42.8. The molecular weight excluding hydrogens is 504 g/mol. The van der Waals surface area contributed by atoms with Crippen LogP contribution in [0.25, 0.3) is 0 Å². The second kappa shape index (κ2) is 12.1. The van der Waals surface area contributed by atoms with E-state index in [0.717, 1.165) is 11.1 Å². The molecular formula is C30H35ClN2O5. The predicted octanol–water partition coefficient (Wildman–Crippen LogP) is 4.41. The van der Waals surface area contributed by atoms with Crippen molar-refractivity contribution in [2.24, 2.45) is 23.7 Å². The van der Waals surface area contributed by atoms with Gasteiger partial charge in [0.2, 0.25) is 11.8 Å². The zero-order chi connectivity index (χ0) is 27.4. The lowest BCUT2D eigenvalue weighted by molar-refractivity contribution is -0.156. The number of aliphatic hydroxyl groups excluding tert-OH is 1. The van der Waals surface area contributed by atoms with Crippen molar-refractivity contribution in [2.45, 2.75) is 45.7 Å². The van der Waals surface area contributed by atoms with E-state index in [2.05, 4.69) is 5.32 Å². The van der Waals surface area contributed by atoms with E-state index in [1.54, 1.807) is 19.1 Å². The average Bonchev–Trinajstić information content (AvgIpc) is 3.21. The molecule has 0 unspecified atom stereocenters. The van der Waals surface area contributed by atoms with Gasteiger partial charge in [-0.3, -0.25) is 14.4 Å². The number of amides is 2. The molecule has 1 heterocycles. The summed E-state index contributed by atoms with van der Waals surface area (Å²) in [5, 5.41) is 13.8. The van der Waals surface area contributed by atoms with Crippen molar-refractivity contribution in [3.63, 3.8) is 0 Å². The molecule has 202 valence electrons. The fraction of sp³-hybridized carbons (Fsp3) is 0.433. The van der Waals surface area contributed by atoms with Crippen LogP contribution in [0.1, 0.15) is 31.4 Å². The summed E-state index contributed by atoms with van der Waals surface area (Å²) in [6.07, 6.45) is 4.85. The first kappa shape index (κ1) is 27.9. The number of hydrogen-bond acceptors (Lipinski definition) is 5. The third-order valence-electron chi connectivity index (χ3n) is 7.73. The number of likely N-dealkylation sites (tertiary alicyclic amines) is 1. The Morgan fingerprint density at radius 2 is 1.84 bits per heavy atom. The van der Waals surface area contributed by atoms with Crippen LogP contribution in [0.15, 0.2) is 60.7 Å². The van der Waals surface area contributed by atoms with Crippen LogP contribution in [0, 0.1) is 30.6 Å². The van der Waals surface area contributed by atoms with Crippen molar-refractivity contribution in [1.82, 2.24) is 4.90 Å². The van der Waals surface area contributed by atoms with Crippen molar-refractivity contribution in [1.29, 1.82) is 0 Å². The highest BCUT2D eigenvalue weighted by atomic mass is 35.5. The Morgan fingerprint density at radius 1 is 1.11 bits per heavy atom. The second-order valence-electron chi connectivity index (χ2n) is 9.98. The van der Waals surface area contributed by atoms with Gasteiger partial charge in [-0.2, -0.15) is 0 Å². The fourth-order valence-corrected chi connectivity index (χ4v) is 6.18. The van der Waals surface area contributed by atoms with Crippen LogP contribution in [-0.4, -0.2) is 53.1 Å². The first-order valence-corrected chi connectivity index (χ1v) is 13.6. The maximum absolute atomic E-state index is 14.2. The molecule has 2 aromatic rings. The summed E-state index contributed by atoms with van der Waals surface area (Å²) in [6, 6.07) is 13.3. The zero-order valence-corrected chi connectivity index (χ0v) is 22.7. The van der Waals surface area contributed by atoms with Gasteiger partial charge in [-0.1, -0.05) is 73.1 Å². The third kappa shape index (κ3) is 5.36. The Kier molecular flexibility index (Phi) is 8.90. The Bertz CT molecular complexity index is 1180. The van der Waals surface area contributed by atoms with E-state index in [9.17, 15) is 19.5 Å². The molecule has 8 heteroatoms. The second-order valence-corrected chi connectivity index (χ2v) is 10.4. The first-order valence-electron chi connectivity index (χ1n) is 13.2. The van der Waals surface area contributed by atoms with Crippen molar-refractivity contribution in [3.05, 3.63) is 76.8 Å². The van der Waals surface area contributed by atoms with Gasteiger partial charge in [0.05, 0.1) is 41.8 Å². The summed E-state index contributed by atoms with van der Waals surface area (Å²) in [6.45, 7) is 5.42. The van der Waals surface area contributed by atoms with Crippen LogP contribution in [0.2, 0.25) is 5.02 Å². The summed E-state index contributed by atoms with van der Waals surface area (Å²) in [5.74, 6) is -3.38. The number of rotatable bonds is 9. The number of allylic oxidation sites excluding steroid dienone is 1. The molecule has 2 aliphatic rings. The maximum atomic E-state index is 14.2.